The molecule has 0 amide bonds. The number of aliphatic imine (C=N–C) groups is 1. The number of guanidine groups is 1. The first-order chi connectivity index (χ1) is 14.1. The molecule has 2 atom stereocenters. The Bertz CT molecular complexity index is 635. The van der Waals surface area contributed by atoms with Gasteiger partial charge in [-0.15, -0.1) is 0 Å². The van der Waals surface area contributed by atoms with Crippen molar-refractivity contribution in [2.75, 3.05) is 53.4 Å². The highest BCUT2D eigenvalue weighted by Gasteiger charge is 2.41. The second-order valence-corrected chi connectivity index (χ2v) is 8.59. The SMILES string of the molecule is CN=C(NCCCCN(C)C(C)C)N1CC2OCCN(Cc3ccccc3)C2C1. The highest BCUT2D eigenvalue weighted by Crippen LogP contribution is 2.24. The van der Waals surface area contributed by atoms with Crippen molar-refractivity contribution in [3.63, 3.8) is 0 Å². The van der Waals surface area contributed by atoms with Gasteiger partial charge in [-0.05, 0) is 45.8 Å². The van der Waals surface area contributed by atoms with Crippen LogP contribution < -0.4 is 5.32 Å². The van der Waals surface area contributed by atoms with E-state index < -0.39 is 0 Å². The van der Waals surface area contributed by atoms with Crippen molar-refractivity contribution in [3.05, 3.63) is 35.9 Å². The van der Waals surface area contributed by atoms with Crippen LogP contribution in [0.4, 0.5) is 0 Å². The van der Waals surface area contributed by atoms with Gasteiger partial charge in [0.25, 0.3) is 0 Å². The monoisotopic (exact) mass is 401 g/mol. The Balaban J connectivity index is 1.47. The van der Waals surface area contributed by atoms with Crippen molar-refractivity contribution >= 4 is 5.96 Å². The Labute approximate surface area is 176 Å². The lowest BCUT2D eigenvalue weighted by molar-refractivity contribution is -0.0502. The van der Waals surface area contributed by atoms with Gasteiger partial charge in [0.05, 0.1) is 18.8 Å². The molecule has 0 aromatic heterocycles. The van der Waals surface area contributed by atoms with Crippen LogP contribution in [-0.4, -0.2) is 92.3 Å². The van der Waals surface area contributed by atoms with E-state index in [4.69, 9.17) is 4.74 Å². The van der Waals surface area contributed by atoms with Crippen LogP contribution in [0.25, 0.3) is 0 Å². The first-order valence-corrected chi connectivity index (χ1v) is 11.1. The molecule has 2 unspecified atom stereocenters. The van der Waals surface area contributed by atoms with Gasteiger partial charge in [0.2, 0.25) is 0 Å². The smallest absolute Gasteiger partial charge is 0.193 e. The zero-order valence-corrected chi connectivity index (χ0v) is 18.7. The molecular weight excluding hydrogens is 362 g/mol. The highest BCUT2D eigenvalue weighted by molar-refractivity contribution is 5.80. The van der Waals surface area contributed by atoms with Crippen LogP contribution >= 0.6 is 0 Å². The van der Waals surface area contributed by atoms with E-state index in [2.05, 4.69) is 76.2 Å². The van der Waals surface area contributed by atoms with Crippen LogP contribution in [0.3, 0.4) is 0 Å². The Morgan fingerprint density at radius 1 is 1.24 bits per heavy atom. The van der Waals surface area contributed by atoms with Gasteiger partial charge in [-0.2, -0.15) is 0 Å². The summed E-state index contributed by atoms with van der Waals surface area (Å²) in [6.07, 6.45) is 2.64. The minimum absolute atomic E-state index is 0.269. The second-order valence-electron chi connectivity index (χ2n) is 8.59. The van der Waals surface area contributed by atoms with Gasteiger partial charge in [0.1, 0.15) is 0 Å². The van der Waals surface area contributed by atoms with Gasteiger partial charge in [0, 0.05) is 45.8 Å². The summed E-state index contributed by atoms with van der Waals surface area (Å²) in [6.45, 7) is 11.3. The molecule has 2 heterocycles. The number of unbranched alkanes of at least 4 members (excludes halogenated alkanes) is 1. The van der Waals surface area contributed by atoms with Crippen molar-refractivity contribution in [1.82, 2.24) is 20.0 Å². The molecule has 2 aliphatic heterocycles. The lowest BCUT2D eigenvalue weighted by Crippen LogP contribution is -2.50. The van der Waals surface area contributed by atoms with E-state index in [0.717, 1.165) is 58.3 Å². The van der Waals surface area contributed by atoms with Crippen molar-refractivity contribution in [2.24, 2.45) is 4.99 Å². The third kappa shape index (κ3) is 6.17. The maximum absolute atomic E-state index is 6.11. The molecule has 0 saturated carbocycles. The van der Waals surface area contributed by atoms with Crippen LogP contribution in [0.5, 0.6) is 0 Å². The third-order valence-corrected chi connectivity index (χ3v) is 6.26. The van der Waals surface area contributed by atoms with Gasteiger partial charge in [-0.3, -0.25) is 9.89 Å². The van der Waals surface area contributed by atoms with E-state index in [1.54, 1.807) is 0 Å². The number of hydrogen-bond acceptors (Lipinski definition) is 4. The van der Waals surface area contributed by atoms with Gasteiger partial charge >= 0.3 is 0 Å². The fourth-order valence-electron chi connectivity index (χ4n) is 4.22. The quantitative estimate of drug-likeness (QED) is 0.411. The van der Waals surface area contributed by atoms with Crippen molar-refractivity contribution in [3.8, 4) is 0 Å². The van der Waals surface area contributed by atoms with Gasteiger partial charge in [-0.1, -0.05) is 30.3 Å². The van der Waals surface area contributed by atoms with Crippen LogP contribution in [0.2, 0.25) is 0 Å². The van der Waals surface area contributed by atoms with E-state index in [1.165, 1.54) is 12.0 Å². The standard InChI is InChI=1S/C23H39N5O/c1-19(2)26(4)13-9-8-12-25-23(24-3)28-17-21-22(18-28)29-15-14-27(21)16-20-10-6-5-7-11-20/h5-7,10-11,19,21-22H,8-9,12-18H2,1-4H3,(H,24,25). The minimum atomic E-state index is 0.269. The molecule has 6 heteroatoms. The summed E-state index contributed by atoms with van der Waals surface area (Å²) >= 11 is 0. The number of rotatable bonds is 8. The minimum Gasteiger partial charge on any atom is -0.373 e. The molecule has 0 spiro atoms. The summed E-state index contributed by atoms with van der Waals surface area (Å²) in [6, 6.07) is 11.8. The largest absolute Gasteiger partial charge is 0.373 e. The fraction of sp³-hybridized carbons (Fsp3) is 0.696. The molecule has 3 rings (SSSR count). The summed E-state index contributed by atoms with van der Waals surface area (Å²) in [5.74, 6) is 1.01. The zero-order chi connectivity index (χ0) is 20.6. The average molecular weight is 402 g/mol. The van der Waals surface area contributed by atoms with Crippen molar-refractivity contribution in [1.29, 1.82) is 0 Å². The van der Waals surface area contributed by atoms with E-state index in [0.29, 0.717) is 12.1 Å². The van der Waals surface area contributed by atoms with Gasteiger partial charge in [-0.25, -0.2) is 0 Å². The molecule has 29 heavy (non-hydrogen) atoms. The molecule has 1 aromatic carbocycles. The molecule has 2 fully saturated rings. The van der Waals surface area contributed by atoms with Gasteiger partial charge in [0.15, 0.2) is 5.96 Å². The number of likely N-dealkylation sites (tertiary alicyclic amines) is 1. The Morgan fingerprint density at radius 2 is 2.03 bits per heavy atom. The molecule has 1 N–H and O–H groups in total. The summed E-state index contributed by atoms with van der Waals surface area (Å²) in [5.41, 5.74) is 1.38. The van der Waals surface area contributed by atoms with Crippen LogP contribution in [0.1, 0.15) is 32.3 Å². The predicted octanol–water partition coefficient (Wildman–Crippen LogP) is 2.27. The molecule has 6 nitrogen and oxygen atoms in total. The van der Waals surface area contributed by atoms with E-state index >= 15 is 0 Å². The fourth-order valence-corrected chi connectivity index (χ4v) is 4.22. The lowest BCUT2D eigenvalue weighted by Gasteiger charge is -2.36. The molecule has 2 saturated heterocycles. The van der Waals surface area contributed by atoms with Gasteiger partial charge < -0.3 is 19.9 Å². The van der Waals surface area contributed by atoms with Crippen molar-refractivity contribution in [2.45, 2.75) is 51.4 Å². The molecule has 0 aliphatic carbocycles. The highest BCUT2D eigenvalue weighted by atomic mass is 16.5. The third-order valence-electron chi connectivity index (χ3n) is 6.26. The molecular formula is C23H39N5O. The summed E-state index contributed by atoms with van der Waals surface area (Å²) in [5, 5.41) is 3.57. The Kier molecular flexibility index (Phi) is 8.33. The van der Waals surface area contributed by atoms with E-state index in [-0.39, 0.29) is 6.10 Å². The lowest BCUT2D eigenvalue weighted by atomic mass is 10.1. The first-order valence-electron chi connectivity index (χ1n) is 11.1. The number of fused-ring (bicyclic) bond motifs is 1. The molecule has 1 aromatic rings. The number of ether oxygens (including phenoxy) is 1. The van der Waals surface area contributed by atoms with E-state index in [9.17, 15) is 0 Å². The summed E-state index contributed by atoms with van der Waals surface area (Å²) in [4.78, 5) is 11.9. The number of nitrogens with zero attached hydrogens (tertiary/aromatic N) is 4. The number of benzene rings is 1. The Morgan fingerprint density at radius 3 is 2.76 bits per heavy atom. The van der Waals surface area contributed by atoms with Crippen molar-refractivity contribution < 1.29 is 4.74 Å². The maximum atomic E-state index is 6.11. The number of morpholine rings is 1. The summed E-state index contributed by atoms with van der Waals surface area (Å²) < 4.78 is 6.11. The second kappa shape index (κ2) is 11.0. The van der Waals surface area contributed by atoms with Crippen LogP contribution in [-0.2, 0) is 11.3 Å². The molecule has 2 aliphatic rings. The Hall–Kier alpha value is -1.63. The normalized spacial score (nSPS) is 23.1. The molecule has 0 bridgehead atoms. The van der Waals surface area contributed by atoms with Crippen LogP contribution in [0.15, 0.2) is 35.3 Å². The molecule has 0 radical (unpaired) electrons. The predicted molar refractivity (Wildman–Crippen MR) is 120 cm³/mol. The number of hydrogen-bond donors (Lipinski definition) is 1. The topological polar surface area (TPSA) is 43.3 Å². The summed E-state index contributed by atoms with van der Waals surface area (Å²) in [7, 11) is 4.09. The van der Waals surface area contributed by atoms with Crippen LogP contribution in [0, 0.1) is 0 Å². The average Bonchev–Trinajstić information content (AvgIpc) is 3.16. The maximum Gasteiger partial charge on any atom is 0.193 e. The zero-order valence-electron chi connectivity index (χ0n) is 18.7. The first kappa shape index (κ1) is 22.1. The van der Waals surface area contributed by atoms with E-state index in [1.807, 2.05) is 7.05 Å². The number of nitrogens with one attached hydrogen (secondary N) is 1. The molecule has 162 valence electrons.